The predicted molar refractivity (Wildman–Crippen MR) is 62.8 cm³/mol. The average Bonchev–Trinajstić information content (AvgIpc) is 2.77. The number of anilines is 1. The number of aryl methyl sites for hydroxylation is 1. The van der Waals surface area contributed by atoms with E-state index in [4.69, 9.17) is 0 Å². The van der Waals surface area contributed by atoms with Crippen LogP contribution in [0.1, 0.15) is 5.69 Å². The Balaban J connectivity index is 2.09. The lowest BCUT2D eigenvalue weighted by Gasteiger charge is -2.28. The molecule has 5 heteroatoms. The number of piperazine rings is 1. The number of aromatic nitrogens is 3. The van der Waals surface area contributed by atoms with E-state index in [-0.39, 0.29) is 0 Å². The van der Waals surface area contributed by atoms with Crippen molar-refractivity contribution in [2.24, 2.45) is 0 Å². The number of rotatable bonds is 1. The maximum atomic E-state index is 4.61. The second-order valence-corrected chi connectivity index (χ2v) is 4.10. The van der Waals surface area contributed by atoms with Gasteiger partial charge < -0.3 is 14.6 Å². The molecule has 1 aliphatic rings. The van der Waals surface area contributed by atoms with Crippen LogP contribution in [0.25, 0.3) is 5.65 Å². The van der Waals surface area contributed by atoms with Gasteiger partial charge in [-0.1, -0.05) is 0 Å². The lowest BCUT2D eigenvalue weighted by molar-refractivity contribution is 0.585. The van der Waals surface area contributed by atoms with E-state index in [2.05, 4.69) is 20.2 Å². The van der Waals surface area contributed by atoms with Gasteiger partial charge in [-0.3, -0.25) is 0 Å². The quantitative estimate of drug-likeness (QED) is 0.753. The van der Waals surface area contributed by atoms with E-state index < -0.39 is 0 Å². The van der Waals surface area contributed by atoms with Crippen molar-refractivity contribution in [3.63, 3.8) is 0 Å². The van der Waals surface area contributed by atoms with Crippen molar-refractivity contribution in [2.45, 2.75) is 6.92 Å². The number of fused-ring (bicyclic) bond motifs is 1. The van der Waals surface area contributed by atoms with Gasteiger partial charge in [-0.05, 0) is 6.92 Å². The number of nitrogens with zero attached hydrogens (tertiary/aromatic N) is 4. The summed E-state index contributed by atoms with van der Waals surface area (Å²) < 4.78 is 2.04. The highest BCUT2D eigenvalue weighted by atomic mass is 15.3. The molecule has 3 rings (SSSR count). The van der Waals surface area contributed by atoms with Crippen LogP contribution in [0.5, 0.6) is 0 Å². The summed E-state index contributed by atoms with van der Waals surface area (Å²) in [5, 5.41) is 3.34. The van der Waals surface area contributed by atoms with Crippen LogP contribution < -0.4 is 10.2 Å². The second kappa shape index (κ2) is 3.75. The summed E-state index contributed by atoms with van der Waals surface area (Å²) in [6.45, 7) is 6.05. The minimum atomic E-state index is 0.951. The van der Waals surface area contributed by atoms with Crippen LogP contribution in [0.3, 0.4) is 0 Å². The first-order valence-corrected chi connectivity index (χ1v) is 5.60. The fraction of sp³-hybridized carbons (Fsp3) is 0.455. The van der Waals surface area contributed by atoms with E-state index in [1.807, 2.05) is 29.9 Å². The van der Waals surface area contributed by atoms with Crippen LogP contribution in [0.2, 0.25) is 0 Å². The van der Waals surface area contributed by atoms with Gasteiger partial charge in [-0.2, -0.15) is 0 Å². The third-order valence-electron chi connectivity index (χ3n) is 2.89. The Kier molecular flexibility index (Phi) is 2.25. The van der Waals surface area contributed by atoms with Gasteiger partial charge in [-0.15, -0.1) is 0 Å². The van der Waals surface area contributed by atoms with E-state index in [0.29, 0.717) is 0 Å². The Morgan fingerprint density at radius 3 is 2.94 bits per heavy atom. The molecular formula is C11H15N5. The second-order valence-electron chi connectivity index (χ2n) is 4.10. The number of imidazole rings is 1. The summed E-state index contributed by atoms with van der Waals surface area (Å²) in [5.41, 5.74) is 1.98. The Labute approximate surface area is 94.1 Å². The Morgan fingerprint density at radius 1 is 1.31 bits per heavy atom. The molecule has 0 saturated carbocycles. The summed E-state index contributed by atoms with van der Waals surface area (Å²) in [4.78, 5) is 11.3. The highest BCUT2D eigenvalue weighted by Gasteiger charge is 2.16. The summed E-state index contributed by atoms with van der Waals surface area (Å²) in [6, 6.07) is 0. The van der Waals surface area contributed by atoms with Crippen LogP contribution >= 0.6 is 0 Å². The molecule has 0 bridgehead atoms. The molecule has 1 N–H and O–H groups in total. The number of hydrogen-bond acceptors (Lipinski definition) is 4. The van der Waals surface area contributed by atoms with E-state index in [1.54, 1.807) is 0 Å². The first-order chi connectivity index (χ1) is 7.84. The van der Waals surface area contributed by atoms with Crippen LogP contribution in [0, 0.1) is 6.92 Å². The highest BCUT2D eigenvalue weighted by molar-refractivity contribution is 5.64. The van der Waals surface area contributed by atoms with Gasteiger partial charge in [0.1, 0.15) is 0 Å². The zero-order chi connectivity index (χ0) is 11.0. The van der Waals surface area contributed by atoms with Gasteiger partial charge in [0.15, 0.2) is 11.5 Å². The predicted octanol–water partition coefficient (Wildman–Crippen LogP) is 0.447. The standard InChI is InChI=1S/C11H15N5/c1-9-8-16-7-4-13-10(16)11(14-9)15-5-2-12-3-6-15/h4,7-8,12H,2-3,5-6H2,1H3. The molecule has 3 heterocycles. The molecular weight excluding hydrogens is 202 g/mol. The van der Waals surface area contributed by atoms with Gasteiger partial charge >= 0.3 is 0 Å². The first kappa shape index (κ1) is 9.59. The molecule has 5 nitrogen and oxygen atoms in total. The van der Waals surface area contributed by atoms with Crippen molar-refractivity contribution in [2.75, 3.05) is 31.1 Å². The smallest absolute Gasteiger partial charge is 0.180 e. The SMILES string of the molecule is Cc1cn2ccnc2c(N2CCNCC2)n1. The van der Waals surface area contributed by atoms with Gasteiger partial charge in [0, 0.05) is 44.8 Å². The molecule has 16 heavy (non-hydrogen) atoms. The van der Waals surface area contributed by atoms with Crippen molar-refractivity contribution < 1.29 is 0 Å². The highest BCUT2D eigenvalue weighted by Crippen LogP contribution is 2.18. The van der Waals surface area contributed by atoms with E-state index in [0.717, 1.165) is 43.3 Å². The van der Waals surface area contributed by atoms with Crippen molar-refractivity contribution in [3.8, 4) is 0 Å². The van der Waals surface area contributed by atoms with Crippen molar-refractivity contribution in [3.05, 3.63) is 24.3 Å². The molecule has 84 valence electrons. The Bertz CT molecular complexity index is 498. The van der Waals surface area contributed by atoms with Crippen molar-refractivity contribution >= 4 is 11.5 Å². The third kappa shape index (κ3) is 1.53. The van der Waals surface area contributed by atoms with E-state index in [1.165, 1.54) is 0 Å². The molecule has 0 aliphatic carbocycles. The lowest BCUT2D eigenvalue weighted by Crippen LogP contribution is -2.44. The van der Waals surface area contributed by atoms with Gasteiger partial charge in [0.25, 0.3) is 0 Å². The largest absolute Gasteiger partial charge is 0.351 e. The Morgan fingerprint density at radius 2 is 2.12 bits per heavy atom. The summed E-state index contributed by atoms with van der Waals surface area (Å²) in [7, 11) is 0. The topological polar surface area (TPSA) is 45.5 Å². The fourth-order valence-electron chi connectivity index (χ4n) is 2.13. The monoisotopic (exact) mass is 217 g/mol. The van der Waals surface area contributed by atoms with Crippen LogP contribution in [-0.4, -0.2) is 40.5 Å². The first-order valence-electron chi connectivity index (χ1n) is 5.60. The van der Waals surface area contributed by atoms with Gasteiger partial charge in [0.05, 0.1) is 5.69 Å². The molecule has 0 unspecified atom stereocenters. The summed E-state index contributed by atoms with van der Waals surface area (Å²) in [5.74, 6) is 1.01. The minimum Gasteiger partial charge on any atom is -0.351 e. The normalized spacial score (nSPS) is 16.9. The number of hydrogen-bond donors (Lipinski definition) is 1. The minimum absolute atomic E-state index is 0.951. The molecule has 0 radical (unpaired) electrons. The Hall–Kier alpha value is -1.62. The van der Waals surface area contributed by atoms with Crippen LogP contribution in [0.15, 0.2) is 18.6 Å². The molecule has 2 aromatic rings. The van der Waals surface area contributed by atoms with E-state index in [9.17, 15) is 0 Å². The molecule has 1 aliphatic heterocycles. The maximum absolute atomic E-state index is 4.61. The fourth-order valence-corrected chi connectivity index (χ4v) is 2.13. The maximum Gasteiger partial charge on any atom is 0.180 e. The van der Waals surface area contributed by atoms with Crippen LogP contribution in [-0.2, 0) is 0 Å². The number of nitrogens with one attached hydrogen (secondary N) is 1. The molecule has 0 spiro atoms. The van der Waals surface area contributed by atoms with Crippen molar-refractivity contribution in [1.82, 2.24) is 19.7 Å². The summed E-state index contributed by atoms with van der Waals surface area (Å²) >= 11 is 0. The molecule has 0 amide bonds. The lowest BCUT2D eigenvalue weighted by atomic mass is 10.3. The molecule has 1 saturated heterocycles. The molecule has 0 atom stereocenters. The summed E-state index contributed by atoms with van der Waals surface area (Å²) in [6.07, 6.45) is 5.80. The average molecular weight is 217 g/mol. The van der Waals surface area contributed by atoms with Gasteiger partial charge in [0.2, 0.25) is 0 Å². The molecule has 0 aromatic carbocycles. The zero-order valence-corrected chi connectivity index (χ0v) is 9.35. The van der Waals surface area contributed by atoms with Gasteiger partial charge in [-0.25, -0.2) is 9.97 Å². The zero-order valence-electron chi connectivity index (χ0n) is 9.35. The molecule has 1 fully saturated rings. The molecule has 2 aromatic heterocycles. The van der Waals surface area contributed by atoms with E-state index >= 15 is 0 Å². The van der Waals surface area contributed by atoms with Crippen LogP contribution in [0.4, 0.5) is 5.82 Å². The van der Waals surface area contributed by atoms with Crippen molar-refractivity contribution in [1.29, 1.82) is 0 Å². The third-order valence-corrected chi connectivity index (χ3v) is 2.89.